The number of ether oxygens (including phenoxy) is 1. The summed E-state index contributed by atoms with van der Waals surface area (Å²) in [6.07, 6.45) is 1.85. The molecule has 0 unspecified atom stereocenters. The van der Waals surface area contributed by atoms with E-state index < -0.39 is 12.6 Å². The van der Waals surface area contributed by atoms with Crippen molar-refractivity contribution in [2.45, 2.75) is 18.8 Å². The summed E-state index contributed by atoms with van der Waals surface area (Å²) in [6.45, 7) is -0.403. The molecule has 2 bridgehead atoms. The number of nitrogens with zero attached hydrogens (tertiary/aromatic N) is 1. The maximum absolute atomic E-state index is 13.5. The molecular formula is C30H24ClNO5. The van der Waals surface area contributed by atoms with Crippen molar-refractivity contribution >= 4 is 40.9 Å². The van der Waals surface area contributed by atoms with E-state index in [0.717, 1.165) is 12.8 Å². The predicted molar refractivity (Wildman–Crippen MR) is 137 cm³/mol. The summed E-state index contributed by atoms with van der Waals surface area (Å²) >= 11 is 5.84. The lowest BCUT2D eigenvalue weighted by molar-refractivity contribution is -0.123. The van der Waals surface area contributed by atoms with Crippen LogP contribution in [-0.2, 0) is 14.3 Å². The summed E-state index contributed by atoms with van der Waals surface area (Å²) < 4.78 is 5.16. The van der Waals surface area contributed by atoms with Gasteiger partial charge in [0.2, 0.25) is 11.8 Å². The molecule has 5 atom stereocenters. The van der Waals surface area contributed by atoms with Crippen molar-refractivity contribution in [1.82, 2.24) is 0 Å². The van der Waals surface area contributed by atoms with Gasteiger partial charge >= 0.3 is 5.97 Å². The average Bonchev–Trinajstić information content (AvgIpc) is 3.59. The van der Waals surface area contributed by atoms with Gasteiger partial charge in [0.15, 0.2) is 12.4 Å². The second kappa shape index (κ2) is 9.27. The van der Waals surface area contributed by atoms with Crippen LogP contribution in [0.5, 0.6) is 0 Å². The molecule has 3 aliphatic rings. The third kappa shape index (κ3) is 4.05. The van der Waals surface area contributed by atoms with Crippen LogP contribution < -0.4 is 4.90 Å². The topological polar surface area (TPSA) is 80.8 Å². The van der Waals surface area contributed by atoms with Crippen LogP contribution in [0.15, 0.2) is 78.9 Å². The molecular weight excluding hydrogens is 490 g/mol. The average molecular weight is 514 g/mol. The highest BCUT2D eigenvalue weighted by atomic mass is 35.5. The van der Waals surface area contributed by atoms with Crippen LogP contribution in [-0.4, -0.2) is 30.2 Å². The second-order valence-electron chi connectivity index (χ2n) is 10.0. The van der Waals surface area contributed by atoms with Crippen LogP contribution in [0.1, 0.15) is 45.0 Å². The molecule has 6 rings (SSSR count). The molecule has 3 aromatic carbocycles. The molecule has 7 heteroatoms. The molecule has 37 heavy (non-hydrogen) atoms. The SMILES string of the molecule is O=C(COC(=O)c1ccc(N2C(=O)[C@@H]3[C@@H]4C[C@@H]([C@@H]3C2=O)[C@H](c2ccccc2)C4)cc1)c1ccc(Cl)cc1. The van der Waals surface area contributed by atoms with E-state index in [2.05, 4.69) is 12.1 Å². The lowest BCUT2D eigenvalue weighted by Gasteiger charge is -2.28. The van der Waals surface area contributed by atoms with Crippen molar-refractivity contribution in [2.75, 3.05) is 11.5 Å². The minimum absolute atomic E-state index is 0.141. The Morgan fingerprint density at radius 1 is 0.811 bits per heavy atom. The number of anilines is 1. The number of fused-ring (bicyclic) bond motifs is 5. The monoisotopic (exact) mass is 513 g/mol. The van der Waals surface area contributed by atoms with Gasteiger partial charge in [-0.05, 0) is 84.7 Å². The zero-order valence-corrected chi connectivity index (χ0v) is 20.6. The van der Waals surface area contributed by atoms with Crippen LogP contribution in [0.3, 0.4) is 0 Å². The number of rotatable bonds is 6. The second-order valence-corrected chi connectivity index (χ2v) is 10.5. The van der Waals surface area contributed by atoms with E-state index in [1.807, 2.05) is 18.2 Å². The highest BCUT2D eigenvalue weighted by molar-refractivity contribution is 6.30. The number of imide groups is 1. The van der Waals surface area contributed by atoms with Gasteiger partial charge in [0.05, 0.1) is 23.1 Å². The summed E-state index contributed by atoms with van der Waals surface area (Å²) in [5, 5.41) is 0.510. The lowest BCUT2D eigenvalue weighted by atomic mass is 9.73. The van der Waals surface area contributed by atoms with E-state index in [0.29, 0.717) is 22.2 Å². The summed E-state index contributed by atoms with van der Waals surface area (Å²) in [5.74, 6) is -1.15. The molecule has 1 heterocycles. The van der Waals surface area contributed by atoms with Gasteiger partial charge in [-0.1, -0.05) is 41.9 Å². The molecule has 2 amide bonds. The van der Waals surface area contributed by atoms with E-state index in [1.165, 1.54) is 22.6 Å². The molecule has 3 aromatic rings. The lowest BCUT2D eigenvalue weighted by Crippen LogP contribution is -2.33. The summed E-state index contributed by atoms with van der Waals surface area (Å²) in [6, 6.07) is 22.8. The molecule has 0 N–H and O–H groups in total. The summed E-state index contributed by atoms with van der Waals surface area (Å²) in [7, 11) is 0. The van der Waals surface area contributed by atoms with Gasteiger partial charge in [-0.3, -0.25) is 19.3 Å². The van der Waals surface area contributed by atoms with Crippen LogP contribution in [0, 0.1) is 23.7 Å². The van der Waals surface area contributed by atoms with E-state index in [9.17, 15) is 19.2 Å². The molecule has 0 radical (unpaired) electrons. The largest absolute Gasteiger partial charge is 0.454 e. The zero-order chi connectivity index (χ0) is 25.7. The number of benzene rings is 3. The number of esters is 1. The minimum Gasteiger partial charge on any atom is -0.454 e. The molecule has 0 aromatic heterocycles. The molecule has 1 aliphatic heterocycles. The standard InChI is InChI=1S/C30H24ClNO5/c31-21-10-6-18(7-11-21)25(33)16-37-30(36)19-8-12-22(13-9-19)32-28(34)26-20-14-23(17-4-2-1-3-5-17)24(15-20)27(26)29(32)35/h1-13,20,23-24,26-27H,14-16H2/t20-,23-,24+,26+,27-/m0/s1. The van der Waals surface area contributed by atoms with Crippen molar-refractivity contribution in [3.8, 4) is 0 Å². The van der Waals surface area contributed by atoms with E-state index >= 15 is 0 Å². The van der Waals surface area contributed by atoms with Crippen molar-refractivity contribution in [2.24, 2.45) is 23.7 Å². The Morgan fingerprint density at radius 2 is 1.46 bits per heavy atom. The minimum atomic E-state index is -0.659. The first-order valence-corrected chi connectivity index (χ1v) is 12.8. The molecule has 186 valence electrons. The fourth-order valence-electron chi connectivity index (χ4n) is 6.48. The van der Waals surface area contributed by atoms with Gasteiger partial charge < -0.3 is 4.74 Å². The molecule has 0 spiro atoms. The molecule has 6 nitrogen and oxygen atoms in total. The number of hydrogen-bond acceptors (Lipinski definition) is 5. The fourth-order valence-corrected chi connectivity index (χ4v) is 6.60. The van der Waals surface area contributed by atoms with Crippen LogP contribution >= 0.6 is 11.6 Å². The molecule has 2 aliphatic carbocycles. The Hall–Kier alpha value is -3.77. The van der Waals surface area contributed by atoms with Gasteiger partial charge in [-0.15, -0.1) is 0 Å². The van der Waals surface area contributed by atoms with Gasteiger partial charge in [0, 0.05) is 10.6 Å². The van der Waals surface area contributed by atoms with Gasteiger partial charge in [-0.25, -0.2) is 4.79 Å². The van der Waals surface area contributed by atoms with Crippen LogP contribution in [0.25, 0.3) is 0 Å². The number of carbonyl (C=O) groups excluding carboxylic acids is 4. The Kier molecular flexibility index (Phi) is 5.92. The number of carbonyl (C=O) groups is 4. The predicted octanol–water partition coefficient (Wildman–Crippen LogP) is 5.31. The molecule has 2 saturated carbocycles. The van der Waals surface area contributed by atoms with Gasteiger partial charge in [0.25, 0.3) is 0 Å². The van der Waals surface area contributed by atoms with E-state index in [-0.39, 0.29) is 46.8 Å². The molecule has 1 saturated heterocycles. The quantitative estimate of drug-likeness (QED) is 0.253. The van der Waals surface area contributed by atoms with Gasteiger partial charge in [-0.2, -0.15) is 0 Å². The maximum Gasteiger partial charge on any atom is 0.338 e. The third-order valence-electron chi connectivity index (χ3n) is 8.11. The van der Waals surface area contributed by atoms with E-state index in [4.69, 9.17) is 16.3 Å². The normalized spacial score (nSPS) is 25.9. The summed E-state index contributed by atoms with van der Waals surface area (Å²) in [4.78, 5) is 52.9. The van der Waals surface area contributed by atoms with Crippen LogP contribution in [0.4, 0.5) is 5.69 Å². The number of Topliss-reactive ketones (excluding diaryl/α,β-unsaturated/α-hetero) is 1. The number of amides is 2. The van der Waals surface area contributed by atoms with Crippen molar-refractivity contribution < 1.29 is 23.9 Å². The highest BCUT2D eigenvalue weighted by Crippen LogP contribution is 2.61. The first kappa shape index (κ1) is 23.6. The fraction of sp³-hybridized carbons (Fsp3) is 0.267. The Balaban J connectivity index is 1.13. The first-order chi connectivity index (χ1) is 17.9. The Bertz CT molecular complexity index is 1390. The van der Waals surface area contributed by atoms with Crippen molar-refractivity contribution in [3.63, 3.8) is 0 Å². The zero-order valence-electron chi connectivity index (χ0n) is 19.9. The van der Waals surface area contributed by atoms with Crippen molar-refractivity contribution in [3.05, 3.63) is 101 Å². The summed E-state index contributed by atoms with van der Waals surface area (Å²) in [5.41, 5.74) is 2.32. The smallest absolute Gasteiger partial charge is 0.338 e. The number of ketones is 1. The maximum atomic E-state index is 13.5. The van der Waals surface area contributed by atoms with Crippen LogP contribution in [0.2, 0.25) is 5.02 Å². The highest BCUT2D eigenvalue weighted by Gasteiger charge is 2.64. The third-order valence-corrected chi connectivity index (χ3v) is 8.36. The number of hydrogen-bond donors (Lipinski definition) is 0. The van der Waals surface area contributed by atoms with Crippen molar-refractivity contribution in [1.29, 1.82) is 0 Å². The molecule has 3 fully saturated rings. The Morgan fingerprint density at radius 3 is 2.16 bits per heavy atom. The Labute approximate surface area is 219 Å². The van der Waals surface area contributed by atoms with E-state index in [1.54, 1.807) is 36.4 Å². The number of halogens is 1. The van der Waals surface area contributed by atoms with Gasteiger partial charge in [0.1, 0.15) is 0 Å². The first-order valence-electron chi connectivity index (χ1n) is 12.4.